The Morgan fingerprint density at radius 1 is 1.09 bits per heavy atom. The topological polar surface area (TPSA) is 94.0 Å². The van der Waals surface area contributed by atoms with Crippen molar-refractivity contribution in [2.24, 2.45) is 0 Å². The van der Waals surface area contributed by atoms with Crippen LogP contribution in [0.2, 0.25) is 0 Å². The number of aryl methyl sites for hydroxylation is 1. The minimum absolute atomic E-state index is 0.0327. The number of carbonyl (C=O) groups excluding carboxylic acids is 1. The lowest BCUT2D eigenvalue weighted by Crippen LogP contribution is -2.48. The zero-order valence-corrected chi connectivity index (χ0v) is 21.0. The molecule has 1 atom stereocenters. The van der Waals surface area contributed by atoms with Crippen molar-refractivity contribution in [2.75, 3.05) is 56.8 Å². The molecule has 10 heteroatoms. The molecule has 0 aliphatic carbocycles. The van der Waals surface area contributed by atoms with Crippen LogP contribution < -0.4 is 14.4 Å². The van der Waals surface area contributed by atoms with E-state index in [0.29, 0.717) is 44.1 Å². The Morgan fingerprint density at radius 3 is 2.41 bits per heavy atom. The summed E-state index contributed by atoms with van der Waals surface area (Å²) in [7, 11) is 0.192. The Bertz CT molecular complexity index is 1200. The number of aromatic nitrogens is 2. The molecule has 0 N–H and O–H groups in total. The van der Waals surface area contributed by atoms with E-state index in [1.807, 2.05) is 41.6 Å². The van der Waals surface area contributed by atoms with Crippen LogP contribution in [-0.2, 0) is 14.6 Å². The number of sulfone groups is 1. The van der Waals surface area contributed by atoms with E-state index in [0.717, 1.165) is 22.6 Å². The first-order valence-electron chi connectivity index (χ1n) is 11.4. The van der Waals surface area contributed by atoms with Crippen molar-refractivity contribution in [3.8, 4) is 11.5 Å². The van der Waals surface area contributed by atoms with Gasteiger partial charge in [0.25, 0.3) is 0 Å². The number of hydrogen-bond donors (Lipinski definition) is 0. The highest BCUT2D eigenvalue weighted by atomic mass is 32.2. The van der Waals surface area contributed by atoms with Crippen LogP contribution in [0.25, 0.3) is 6.08 Å². The molecule has 1 aromatic carbocycles. The van der Waals surface area contributed by atoms with Gasteiger partial charge in [-0.05, 0) is 44.0 Å². The highest BCUT2D eigenvalue weighted by Crippen LogP contribution is 2.32. The third-order valence-corrected chi connectivity index (χ3v) is 8.32. The lowest BCUT2D eigenvalue weighted by molar-refractivity contribution is -0.126. The second-order valence-corrected chi connectivity index (χ2v) is 11.0. The van der Waals surface area contributed by atoms with Gasteiger partial charge in [-0.1, -0.05) is 6.07 Å². The number of rotatable bonds is 6. The lowest BCUT2D eigenvalue weighted by Gasteiger charge is -2.35. The van der Waals surface area contributed by atoms with Gasteiger partial charge in [0.15, 0.2) is 21.3 Å². The molecule has 34 heavy (non-hydrogen) atoms. The number of amides is 1. The number of benzene rings is 1. The predicted octanol–water partition coefficient (Wildman–Crippen LogP) is 2.24. The normalized spacial score (nSPS) is 20.2. The fourth-order valence-electron chi connectivity index (χ4n) is 4.82. The van der Waals surface area contributed by atoms with Crippen LogP contribution in [0.15, 0.2) is 24.3 Å². The van der Waals surface area contributed by atoms with Crippen molar-refractivity contribution in [1.82, 2.24) is 14.7 Å². The van der Waals surface area contributed by atoms with Crippen molar-refractivity contribution >= 4 is 27.5 Å². The average Bonchev–Trinajstić information content (AvgIpc) is 3.34. The second-order valence-electron chi connectivity index (χ2n) is 8.78. The van der Waals surface area contributed by atoms with Crippen LogP contribution in [0.3, 0.4) is 0 Å². The molecule has 4 rings (SSSR count). The Labute approximate surface area is 200 Å². The lowest BCUT2D eigenvalue weighted by atomic mass is 10.1. The van der Waals surface area contributed by atoms with Crippen molar-refractivity contribution in [1.29, 1.82) is 0 Å². The van der Waals surface area contributed by atoms with Gasteiger partial charge in [0, 0.05) is 32.3 Å². The number of anilines is 1. The second kappa shape index (κ2) is 9.69. The quantitative estimate of drug-likeness (QED) is 0.576. The number of ether oxygens (including phenoxy) is 2. The first-order chi connectivity index (χ1) is 16.2. The van der Waals surface area contributed by atoms with Crippen LogP contribution in [-0.4, -0.2) is 80.9 Å². The fraction of sp³-hybridized carbons (Fsp3) is 0.500. The van der Waals surface area contributed by atoms with Crippen LogP contribution in [0, 0.1) is 13.8 Å². The summed E-state index contributed by atoms with van der Waals surface area (Å²) in [6, 6.07) is 5.43. The van der Waals surface area contributed by atoms with Gasteiger partial charge >= 0.3 is 0 Å². The molecule has 0 spiro atoms. The highest BCUT2D eigenvalue weighted by molar-refractivity contribution is 7.91. The molecule has 2 fully saturated rings. The Kier molecular flexibility index (Phi) is 6.88. The molecule has 2 aliphatic heterocycles. The molecule has 3 heterocycles. The minimum atomic E-state index is -2.98. The summed E-state index contributed by atoms with van der Waals surface area (Å²) in [4.78, 5) is 16.8. The standard InChI is InChI=1S/C24H32N4O5S/c1-17-24(18(2)28(25-17)20-9-14-34(30,31)16-20)27-12-10-26(11-13-27)23(29)8-6-19-5-7-21(32-3)22(15-19)33-4/h5-8,15,20H,9-14,16H2,1-4H3/b8-6+. The van der Waals surface area contributed by atoms with E-state index in [1.165, 1.54) is 0 Å². The van der Waals surface area contributed by atoms with Crippen LogP contribution in [0.5, 0.6) is 11.5 Å². The van der Waals surface area contributed by atoms with Gasteiger partial charge in [0.05, 0.1) is 48.8 Å². The number of nitrogens with zero attached hydrogens (tertiary/aromatic N) is 4. The summed E-state index contributed by atoms with van der Waals surface area (Å²) in [6.07, 6.45) is 3.98. The monoisotopic (exact) mass is 488 g/mol. The predicted molar refractivity (Wildman–Crippen MR) is 131 cm³/mol. The molecule has 9 nitrogen and oxygen atoms in total. The number of methoxy groups -OCH3 is 2. The zero-order chi connectivity index (χ0) is 24.5. The van der Waals surface area contributed by atoms with Gasteiger partial charge in [0.1, 0.15) is 0 Å². The van der Waals surface area contributed by atoms with E-state index in [4.69, 9.17) is 9.47 Å². The van der Waals surface area contributed by atoms with E-state index in [9.17, 15) is 13.2 Å². The van der Waals surface area contributed by atoms with Crippen molar-refractivity contribution in [3.05, 3.63) is 41.2 Å². The maximum absolute atomic E-state index is 12.8. The third kappa shape index (κ3) is 4.91. The Hall–Kier alpha value is -3.01. The molecule has 1 unspecified atom stereocenters. The summed E-state index contributed by atoms with van der Waals surface area (Å²) in [5.74, 6) is 1.61. The SMILES string of the molecule is COc1ccc(/C=C/C(=O)N2CCN(c3c(C)nn(C4CCS(=O)(=O)C4)c3C)CC2)cc1OC. The van der Waals surface area contributed by atoms with E-state index in [1.54, 1.807) is 26.4 Å². The number of carbonyl (C=O) groups is 1. The molecule has 1 aromatic heterocycles. The Balaban J connectivity index is 1.39. The van der Waals surface area contributed by atoms with E-state index in [2.05, 4.69) is 10.00 Å². The van der Waals surface area contributed by atoms with Gasteiger partial charge in [0.2, 0.25) is 5.91 Å². The third-order valence-electron chi connectivity index (χ3n) is 6.57. The molecule has 184 valence electrons. The number of piperazine rings is 1. The largest absolute Gasteiger partial charge is 0.493 e. The van der Waals surface area contributed by atoms with Gasteiger partial charge < -0.3 is 19.3 Å². The first-order valence-corrected chi connectivity index (χ1v) is 13.2. The maximum atomic E-state index is 12.8. The zero-order valence-electron chi connectivity index (χ0n) is 20.2. The number of hydrogen-bond acceptors (Lipinski definition) is 7. The van der Waals surface area contributed by atoms with Crippen molar-refractivity contribution in [3.63, 3.8) is 0 Å². The summed E-state index contributed by atoms with van der Waals surface area (Å²) >= 11 is 0. The Morgan fingerprint density at radius 2 is 1.79 bits per heavy atom. The van der Waals surface area contributed by atoms with Crippen molar-refractivity contribution < 1.29 is 22.7 Å². The molecule has 0 radical (unpaired) electrons. The molecule has 2 saturated heterocycles. The van der Waals surface area contributed by atoms with E-state index < -0.39 is 9.84 Å². The smallest absolute Gasteiger partial charge is 0.246 e. The summed E-state index contributed by atoms with van der Waals surface area (Å²) in [6.45, 7) is 6.59. The van der Waals surface area contributed by atoms with Crippen LogP contribution in [0.1, 0.15) is 29.4 Å². The van der Waals surface area contributed by atoms with Gasteiger partial charge in [-0.2, -0.15) is 5.10 Å². The molecular weight excluding hydrogens is 456 g/mol. The fourth-order valence-corrected chi connectivity index (χ4v) is 6.51. The van der Waals surface area contributed by atoms with Gasteiger partial charge in [-0.15, -0.1) is 0 Å². The molecule has 0 bridgehead atoms. The van der Waals surface area contributed by atoms with E-state index >= 15 is 0 Å². The molecule has 1 amide bonds. The molecule has 2 aromatic rings. The van der Waals surface area contributed by atoms with Crippen LogP contribution >= 0.6 is 0 Å². The van der Waals surface area contributed by atoms with Crippen molar-refractivity contribution in [2.45, 2.75) is 26.3 Å². The maximum Gasteiger partial charge on any atom is 0.246 e. The first kappa shape index (κ1) is 24.1. The summed E-state index contributed by atoms with van der Waals surface area (Å²) in [5, 5.41) is 4.68. The van der Waals surface area contributed by atoms with E-state index in [-0.39, 0.29) is 23.5 Å². The highest BCUT2D eigenvalue weighted by Gasteiger charge is 2.33. The van der Waals surface area contributed by atoms with Crippen LogP contribution in [0.4, 0.5) is 5.69 Å². The molecular formula is C24H32N4O5S. The minimum Gasteiger partial charge on any atom is -0.493 e. The molecule has 2 aliphatic rings. The molecule has 0 saturated carbocycles. The summed E-state index contributed by atoms with van der Waals surface area (Å²) in [5.41, 5.74) is 3.80. The summed E-state index contributed by atoms with van der Waals surface area (Å²) < 4.78 is 36.3. The average molecular weight is 489 g/mol. The van der Waals surface area contributed by atoms with Gasteiger partial charge in [-0.25, -0.2) is 8.42 Å². The van der Waals surface area contributed by atoms with Gasteiger partial charge in [-0.3, -0.25) is 9.48 Å².